The van der Waals surface area contributed by atoms with Crippen LogP contribution in [0.2, 0.25) is 0 Å². The predicted molar refractivity (Wildman–Crippen MR) is 104 cm³/mol. The third kappa shape index (κ3) is 11.9. The number of hydrogen-bond acceptors (Lipinski definition) is 7. The van der Waals surface area contributed by atoms with E-state index in [1.54, 1.807) is 18.2 Å². The van der Waals surface area contributed by atoms with Gasteiger partial charge in [0.2, 0.25) is 0 Å². The molecule has 1 aromatic heterocycles. The molecule has 2 rings (SSSR count). The van der Waals surface area contributed by atoms with Crippen molar-refractivity contribution in [3.63, 3.8) is 0 Å². The molecule has 2 heterocycles. The van der Waals surface area contributed by atoms with Crippen molar-refractivity contribution >= 4 is 11.9 Å². The van der Waals surface area contributed by atoms with Gasteiger partial charge >= 0.3 is 33.0 Å². The van der Waals surface area contributed by atoms with Crippen molar-refractivity contribution in [2.24, 2.45) is 0 Å². The minimum atomic E-state index is -0.279. The van der Waals surface area contributed by atoms with Crippen LogP contribution in [-0.4, -0.2) is 54.7 Å². The van der Waals surface area contributed by atoms with E-state index in [1.165, 1.54) is 32.1 Å². The van der Waals surface area contributed by atoms with Crippen molar-refractivity contribution in [2.75, 3.05) is 32.8 Å². The van der Waals surface area contributed by atoms with Gasteiger partial charge in [-0.1, -0.05) is 45.1 Å². The molecule has 0 fully saturated rings. The molecule has 0 N–H and O–H groups in total. The topological polar surface area (TPSA) is 85.8 Å². The molecule has 0 atom stereocenters. The Bertz CT molecular complexity index is 575. The minimum absolute atomic E-state index is 0.125. The second-order valence-corrected chi connectivity index (χ2v) is 7.02. The molecule has 161 valence electrons. The van der Waals surface area contributed by atoms with E-state index < -0.39 is 0 Å². The SMILES string of the molecule is CCCCCCCCN1CCOC(=O)Cc2cccc(n2)CC(=O)OCC1.[O]=[V]. The Morgan fingerprint density at radius 1 is 0.897 bits per heavy atom. The fourth-order valence-electron chi connectivity index (χ4n) is 3.15. The van der Waals surface area contributed by atoms with Gasteiger partial charge in [0.1, 0.15) is 13.2 Å². The first-order valence-corrected chi connectivity index (χ1v) is 10.9. The summed E-state index contributed by atoms with van der Waals surface area (Å²) in [6.07, 6.45) is 7.67. The third-order valence-electron chi connectivity index (χ3n) is 4.68. The van der Waals surface area contributed by atoms with E-state index in [1.807, 2.05) is 0 Å². The number of aromatic nitrogens is 1. The summed E-state index contributed by atoms with van der Waals surface area (Å²) in [6, 6.07) is 5.34. The average Bonchev–Trinajstić information content (AvgIpc) is 2.71. The molecule has 0 saturated heterocycles. The Hall–Kier alpha value is -1.57. The Morgan fingerprint density at radius 2 is 1.41 bits per heavy atom. The van der Waals surface area contributed by atoms with Crippen LogP contribution in [0.1, 0.15) is 56.8 Å². The monoisotopic (exact) mass is 443 g/mol. The molecule has 1 aliphatic rings. The molecule has 0 saturated carbocycles. The molecule has 2 bridgehead atoms. The molecule has 0 aliphatic carbocycles. The number of hydrogen-bond donors (Lipinski definition) is 0. The zero-order chi connectivity index (χ0) is 21.3. The number of rotatable bonds is 7. The zero-order valence-electron chi connectivity index (χ0n) is 17.3. The standard InChI is InChI=1S/C21H32N2O4.O.V/c1-2-3-4-5-6-7-11-23-12-14-26-20(24)16-18-9-8-10-19(22-18)17-21(25)27-15-13-23;;/h8-10H,2-7,11-17H2,1H3;;. The van der Waals surface area contributed by atoms with Gasteiger partial charge in [0, 0.05) is 13.1 Å². The fraction of sp³-hybridized carbons (Fsp3) is 0.667. The normalized spacial score (nSPS) is 16.0. The molecule has 0 unspecified atom stereocenters. The fourth-order valence-corrected chi connectivity index (χ4v) is 3.15. The molecule has 8 heteroatoms. The molecule has 0 spiro atoms. The molecular weight excluding hydrogens is 411 g/mol. The second-order valence-electron chi connectivity index (χ2n) is 7.02. The van der Waals surface area contributed by atoms with Gasteiger partial charge in [-0.3, -0.25) is 19.5 Å². The summed E-state index contributed by atoms with van der Waals surface area (Å²) in [5, 5.41) is 0. The summed E-state index contributed by atoms with van der Waals surface area (Å²) >= 11 is 1.06. The number of pyridine rings is 1. The van der Waals surface area contributed by atoms with Gasteiger partial charge in [-0.05, 0) is 25.1 Å². The van der Waals surface area contributed by atoms with E-state index in [2.05, 4.69) is 16.8 Å². The molecule has 1 aliphatic heterocycles. The summed E-state index contributed by atoms with van der Waals surface area (Å²) in [5.74, 6) is -0.558. The average molecular weight is 443 g/mol. The number of carbonyl (C=O) groups excluding carboxylic acids is 2. The summed E-state index contributed by atoms with van der Waals surface area (Å²) < 4.78 is 18.9. The number of nitrogens with zero attached hydrogens (tertiary/aromatic N) is 2. The molecule has 0 aromatic carbocycles. The third-order valence-corrected chi connectivity index (χ3v) is 4.68. The van der Waals surface area contributed by atoms with Gasteiger partial charge < -0.3 is 9.47 Å². The van der Waals surface area contributed by atoms with E-state index in [-0.39, 0.29) is 24.8 Å². The van der Waals surface area contributed by atoms with Crippen LogP contribution in [-0.2, 0) is 52.9 Å². The molecule has 0 radical (unpaired) electrons. The number of fused-ring (bicyclic) bond motifs is 2. The van der Waals surface area contributed by atoms with Gasteiger partial charge in [-0.25, -0.2) is 0 Å². The maximum absolute atomic E-state index is 12.0. The second kappa shape index (κ2) is 16.3. The van der Waals surface area contributed by atoms with E-state index in [0.29, 0.717) is 37.7 Å². The Morgan fingerprint density at radius 3 is 1.97 bits per heavy atom. The number of cyclic esters (lactones) is 2. The summed E-state index contributed by atoms with van der Waals surface area (Å²) in [7, 11) is 0. The van der Waals surface area contributed by atoms with Crippen molar-refractivity contribution in [2.45, 2.75) is 58.3 Å². The van der Waals surface area contributed by atoms with Crippen molar-refractivity contribution in [3.05, 3.63) is 29.6 Å². The van der Waals surface area contributed by atoms with Crippen LogP contribution in [0.25, 0.3) is 0 Å². The van der Waals surface area contributed by atoms with Crippen LogP contribution >= 0.6 is 0 Å². The summed E-state index contributed by atoms with van der Waals surface area (Å²) in [6.45, 7) is 5.17. The van der Waals surface area contributed by atoms with Crippen molar-refractivity contribution in [1.29, 1.82) is 0 Å². The molecular formula is C21H32N2O5V. The first-order valence-electron chi connectivity index (χ1n) is 10.3. The van der Waals surface area contributed by atoms with Crippen LogP contribution < -0.4 is 0 Å². The quantitative estimate of drug-likeness (QED) is 0.473. The first kappa shape index (κ1) is 25.5. The maximum atomic E-state index is 12.0. The number of carbonyl (C=O) groups is 2. The zero-order valence-corrected chi connectivity index (χ0v) is 18.7. The molecule has 1 aromatic rings. The van der Waals surface area contributed by atoms with E-state index in [0.717, 1.165) is 30.3 Å². The van der Waals surface area contributed by atoms with Crippen molar-refractivity contribution < 1.29 is 40.1 Å². The van der Waals surface area contributed by atoms with E-state index >= 15 is 0 Å². The Labute approximate surface area is 182 Å². The number of ether oxygens (including phenoxy) is 2. The van der Waals surface area contributed by atoms with Gasteiger partial charge in [0.25, 0.3) is 0 Å². The Kier molecular flexibility index (Phi) is 14.3. The van der Waals surface area contributed by atoms with Crippen molar-refractivity contribution in [1.82, 2.24) is 9.88 Å². The molecule has 0 amide bonds. The molecule has 29 heavy (non-hydrogen) atoms. The van der Waals surface area contributed by atoms with Gasteiger partial charge in [-0.2, -0.15) is 0 Å². The summed E-state index contributed by atoms with van der Waals surface area (Å²) in [5.41, 5.74) is 1.23. The van der Waals surface area contributed by atoms with Gasteiger partial charge in [0.15, 0.2) is 0 Å². The van der Waals surface area contributed by atoms with Crippen LogP contribution in [0.5, 0.6) is 0 Å². The van der Waals surface area contributed by atoms with Crippen LogP contribution in [0.15, 0.2) is 18.2 Å². The number of unbranched alkanes of at least 4 members (excludes halogenated alkanes) is 5. The molecule has 7 nitrogen and oxygen atoms in total. The van der Waals surface area contributed by atoms with E-state index in [9.17, 15) is 9.59 Å². The predicted octanol–water partition coefficient (Wildman–Crippen LogP) is 2.81. The van der Waals surface area contributed by atoms with Crippen LogP contribution in [0.3, 0.4) is 0 Å². The van der Waals surface area contributed by atoms with Crippen LogP contribution in [0.4, 0.5) is 0 Å². The van der Waals surface area contributed by atoms with Gasteiger partial charge in [0.05, 0.1) is 24.2 Å². The van der Waals surface area contributed by atoms with Crippen LogP contribution in [0, 0.1) is 0 Å². The summed E-state index contributed by atoms with van der Waals surface area (Å²) in [4.78, 5) is 30.6. The van der Waals surface area contributed by atoms with Gasteiger partial charge in [-0.15, -0.1) is 0 Å². The number of esters is 2. The first-order chi connectivity index (χ1) is 14.2. The van der Waals surface area contributed by atoms with E-state index in [4.69, 9.17) is 13.1 Å². The van der Waals surface area contributed by atoms with Crippen molar-refractivity contribution in [3.8, 4) is 0 Å². The Balaban J connectivity index is 0.00000204.